The van der Waals surface area contributed by atoms with E-state index in [1.54, 1.807) is 12.1 Å². The highest BCUT2D eigenvalue weighted by atomic mass is 35.5. The fourth-order valence-electron chi connectivity index (χ4n) is 2.67. The molecule has 1 aliphatic rings. The van der Waals surface area contributed by atoms with Crippen molar-refractivity contribution < 1.29 is 9.18 Å². The van der Waals surface area contributed by atoms with Crippen LogP contribution >= 0.6 is 12.4 Å². The SMILES string of the molecule is Cl.NCC(=O)NC(c1ccc(F)cc1)C1CCCC1. The van der Waals surface area contributed by atoms with E-state index in [2.05, 4.69) is 5.32 Å². The van der Waals surface area contributed by atoms with Gasteiger partial charge in [0.2, 0.25) is 5.91 Å². The zero-order valence-electron chi connectivity index (χ0n) is 10.8. The van der Waals surface area contributed by atoms with Gasteiger partial charge in [0.15, 0.2) is 0 Å². The van der Waals surface area contributed by atoms with E-state index in [0.717, 1.165) is 18.4 Å². The molecule has 1 amide bonds. The normalized spacial score (nSPS) is 16.7. The Kier molecular flexibility index (Phi) is 6.25. The first-order valence-corrected chi connectivity index (χ1v) is 6.45. The van der Waals surface area contributed by atoms with Crippen molar-refractivity contribution in [2.75, 3.05) is 6.54 Å². The minimum Gasteiger partial charge on any atom is -0.348 e. The number of hydrogen-bond donors (Lipinski definition) is 2. The van der Waals surface area contributed by atoms with Gasteiger partial charge >= 0.3 is 0 Å². The van der Waals surface area contributed by atoms with E-state index in [-0.39, 0.29) is 36.7 Å². The number of hydrogen-bond acceptors (Lipinski definition) is 2. The predicted octanol–water partition coefficient (Wildman–Crippen LogP) is 2.55. The van der Waals surface area contributed by atoms with Crippen LogP contribution in [0, 0.1) is 11.7 Å². The second-order valence-electron chi connectivity index (χ2n) is 4.85. The van der Waals surface area contributed by atoms with Gasteiger partial charge < -0.3 is 11.1 Å². The van der Waals surface area contributed by atoms with Crippen LogP contribution in [0.25, 0.3) is 0 Å². The van der Waals surface area contributed by atoms with Gasteiger partial charge in [-0.05, 0) is 36.5 Å². The predicted molar refractivity (Wildman–Crippen MR) is 75.5 cm³/mol. The largest absolute Gasteiger partial charge is 0.348 e. The maximum absolute atomic E-state index is 12.9. The summed E-state index contributed by atoms with van der Waals surface area (Å²) in [6.45, 7) is -0.00951. The Hall–Kier alpha value is -1.13. The van der Waals surface area contributed by atoms with Crippen molar-refractivity contribution in [3.05, 3.63) is 35.6 Å². The monoisotopic (exact) mass is 286 g/mol. The van der Waals surface area contributed by atoms with Gasteiger partial charge in [-0.15, -0.1) is 12.4 Å². The number of nitrogens with two attached hydrogens (primary N) is 1. The average molecular weight is 287 g/mol. The standard InChI is InChI=1S/C14H19FN2O.ClH/c15-12-7-5-11(6-8-12)14(17-13(18)9-16)10-3-1-2-4-10;/h5-8,10,14H,1-4,9,16H2,(H,17,18);1H. The molecule has 1 fully saturated rings. The summed E-state index contributed by atoms with van der Waals surface area (Å²) in [6, 6.07) is 6.33. The fraction of sp³-hybridized carbons (Fsp3) is 0.500. The van der Waals surface area contributed by atoms with Crippen molar-refractivity contribution in [1.82, 2.24) is 5.32 Å². The molecule has 1 saturated carbocycles. The van der Waals surface area contributed by atoms with E-state index in [1.807, 2.05) is 0 Å². The molecule has 0 aliphatic heterocycles. The van der Waals surface area contributed by atoms with Crippen LogP contribution in [0.4, 0.5) is 4.39 Å². The maximum Gasteiger partial charge on any atom is 0.234 e. The number of carbonyl (C=O) groups excluding carboxylic acids is 1. The Morgan fingerprint density at radius 3 is 2.42 bits per heavy atom. The molecule has 19 heavy (non-hydrogen) atoms. The first-order chi connectivity index (χ1) is 8.70. The summed E-state index contributed by atoms with van der Waals surface area (Å²) < 4.78 is 12.9. The van der Waals surface area contributed by atoms with Crippen molar-refractivity contribution in [3.63, 3.8) is 0 Å². The van der Waals surface area contributed by atoms with Crippen LogP contribution in [-0.4, -0.2) is 12.5 Å². The molecule has 5 heteroatoms. The summed E-state index contributed by atoms with van der Waals surface area (Å²) in [7, 11) is 0. The molecule has 0 spiro atoms. The first kappa shape index (κ1) is 15.9. The Bertz CT molecular complexity index is 404. The fourth-order valence-corrected chi connectivity index (χ4v) is 2.67. The molecule has 0 saturated heterocycles. The molecule has 0 bridgehead atoms. The summed E-state index contributed by atoms with van der Waals surface area (Å²) in [5.74, 6) is 0.0243. The van der Waals surface area contributed by atoms with Gasteiger partial charge in [-0.2, -0.15) is 0 Å². The molecule has 0 heterocycles. The van der Waals surface area contributed by atoms with Gasteiger partial charge in [-0.25, -0.2) is 4.39 Å². The summed E-state index contributed by atoms with van der Waals surface area (Å²) in [5.41, 5.74) is 6.31. The molecular formula is C14H20ClFN2O. The van der Waals surface area contributed by atoms with E-state index in [4.69, 9.17) is 5.73 Å². The zero-order valence-corrected chi connectivity index (χ0v) is 11.6. The molecule has 0 aromatic heterocycles. The van der Waals surface area contributed by atoms with E-state index in [0.29, 0.717) is 5.92 Å². The molecule has 1 unspecified atom stereocenters. The molecule has 1 aliphatic carbocycles. The van der Waals surface area contributed by atoms with E-state index >= 15 is 0 Å². The molecule has 3 nitrogen and oxygen atoms in total. The lowest BCUT2D eigenvalue weighted by molar-refractivity contribution is -0.120. The molecule has 1 aromatic carbocycles. The van der Waals surface area contributed by atoms with Crippen LogP contribution in [0.3, 0.4) is 0 Å². The summed E-state index contributed by atoms with van der Waals surface area (Å²) >= 11 is 0. The van der Waals surface area contributed by atoms with Crippen molar-refractivity contribution in [2.24, 2.45) is 11.7 Å². The molecule has 1 atom stereocenters. The van der Waals surface area contributed by atoms with Crippen LogP contribution < -0.4 is 11.1 Å². The van der Waals surface area contributed by atoms with E-state index < -0.39 is 0 Å². The average Bonchev–Trinajstić information content (AvgIpc) is 2.90. The number of halogens is 2. The number of benzene rings is 1. The summed E-state index contributed by atoms with van der Waals surface area (Å²) in [4.78, 5) is 11.5. The van der Waals surface area contributed by atoms with Crippen molar-refractivity contribution in [2.45, 2.75) is 31.7 Å². The lowest BCUT2D eigenvalue weighted by atomic mass is 9.91. The number of rotatable bonds is 4. The van der Waals surface area contributed by atoms with Crippen LogP contribution in [0.15, 0.2) is 24.3 Å². The highest BCUT2D eigenvalue weighted by molar-refractivity contribution is 5.85. The van der Waals surface area contributed by atoms with Crippen LogP contribution in [0.5, 0.6) is 0 Å². The maximum atomic E-state index is 12.9. The molecule has 3 N–H and O–H groups in total. The number of amides is 1. The van der Waals surface area contributed by atoms with Gasteiger partial charge in [0.1, 0.15) is 5.82 Å². The van der Waals surface area contributed by atoms with Gasteiger partial charge in [0, 0.05) is 0 Å². The van der Waals surface area contributed by atoms with Crippen molar-refractivity contribution in [3.8, 4) is 0 Å². The molecule has 2 rings (SSSR count). The second-order valence-corrected chi connectivity index (χ2v) is 4.85. The number of carbonyl (C=O) groups is 1. The molecular weight excluding hydrogens is 267 g/mol. The van der Waals surface area contributed by atoms with Gasteiger partial charge in [0.05, 0.1) is 12.6 Å². The van der Waals surface area contributed by atoms with E-state index in [9.17, 15) is 9.18 Å². The third-order valence-corrected chi connectivity index (χ3v) is 3.60. The smallest absolute Gasteiger partial charge is 0.234 e. The van der Waals surface area contributed by atoms with Crippen LogP contribution in [-0.2, 0) is 4.79 Å². The Labute approximate surface area is 119 Å². The van der Waals surface area contributed by atoms with Gasteiger partial charge in [-0.3, -0.25) is 4.79 Å². The second kappa shape index (κ2) is 7.46. The van der Waals surface area contributed by atoms with Crippen molar-refractivity contribution in [1.29, 1.82) is 0 Å². The summed E-state index contributed by atoms with van der Waals surface area (Å²) in [6.07, 6.45) is 4.60. The lowest BCUT2D eigenvalue weighted by Crippen LogP contribution is -2.36. The lowest BCUT2D eigenvalue weighted by Gasteiger charge is -2.25. The Morgan fingerprint density at radius 2 is 1.89 bits per heavy atom. The molecule has 1 aromatic rings. The highest BCUT2D eigenvalue weighted by Crippen LogP contribution is 2.35. The highest BCUT2D eigenvalue weighted by Gasteiger charge is 2.27. The van der Waals surface area contributed by atoms with E-state index in [1.165, 1.54) is 25.0 Å². The quantitative estimate of drug-likeness (QED) is 0.894. The molecule has 0 radical (unpaired) electrons. The van der Waals surface area contributed by atoms with Crippen LogP contribution in [0.2, 0.25) is 0 Å². The number of nitrogens with one attached hydrogen (secondary N) is 1. The third kappa shape index (κ3) is 4.18. The third-order valence-electron chi connectivity index (χ3n) is 3.60. The Balaban J connectivity index is 0.00000180. The minimum absolute atomic E-state index is 0. The van der Waals surface area contributed by atoms with Gasteiger partial charge in [0.25, 0.3) is 0 Å². The van der Waals surface area contributed by atoms with Crippen LogP contribution in [0.1, 0.15) is 37.3 Å². The minimum atomic E-state index is -0.255. The molecule has 106 valence electrons. The topological polar surface area (TPSA) is 55.1 Å². The van der Waals surface area contributed by atoms with Gasteiger partial charge in [-0.1, -0.05) is 25.0 Å². The summed E-state index contributed by atoms with van der Waals surface area (Å²) in [5, 5.41) is 2.96. The zero-order chi connectivity index (χ0) is 13.0. The first-order valence-electron chi connectivity index (χ1n) is 6.45. The Morgan fingerprint density at radius 1 is 1.32 bits per heavy atom. The van der Waals surface area contributed by atoms with Crippen molar-refractivity contribution >= 4 is 18.3 Å².